The molecule has 0 amide bonds. The third-order valence-electron chi connectivity index (χ3n) is 4.79. The molecular formula is C20H19NO5. The van der Waals surface area contributed by atoms with Gasteiger partial charge in [-0.15, -0.1) is 0 Å². The maximum absolute atomic E-state index is 10.6. The second kappa shape index (κ2) is 7.16. The molecule has 2 heterocycles. The molecule has 2 aromatic carbocycles. The maximum atomic E-state index is 10.6. The number of hydrogen-bond donors (Lipinski definition) is 2. The average molecular weight is 353 g/mol. The maximum Gasteiger partial charge on any atom is 0.184 e. The standard InChI is InChI=1S/C20H19NO5/c21-10-12-5-4-8-14(9-12)18-16(22)17(23)19-15(25-18)11-24-20(26-19)13-6-2-1-3-7-13/h1-9,15-20,22-23H,11H2/t15-,16-,17-,18+,19-,20?/m1/s1. The van der Waals surface area contributed by atoms with Crippen LogP contribution in [0.1, 0.15) is 29.1 Å². The molecule has 0 aliphatic carbocycles. The van der Waals surface area contributed by atoms with Gasteiger partial charge in [0.1, 0.15) is 30.5 Å². The molecule has 6 nitrogen and oxygen atoms in total. The van der Waals surface area contributed by atoms with E-state index in [4.69, 9.17) is 19.5 Å². The molecule has 0 radical (unpaired) electrons. The summed E-state index contributed by atoms with van der Waals surface area (Å²) in [7, 11) is 0. The molecule has 0 bridgehead atoms. The van der Waals surface area contributed by atoms with Crippen LogP contribution in [-0.4, -0.2) is 41.2 Å². The first-order valence-corrected chi connectivity index (χ1v) is 8.51. The predicted octanol–water partition coefficient (Wildman–Crippen LogP) is 1.83. The van der Waals surface area contributed by atoms with E-state index in [1.807, 2.05) is 30.3 Å². The molecular weight excluding hydrogens is 334 g/mol. The highest BCUT2D eigenvalue weighted by Gasteiger charge is 2.49. The van der Waals surface area contributed by atoms with Crippen molar-refractivity contribution in [3.8, 4) is 6.07 Å². The number of ether oxygens (including phenoxy) is 3. The summed E-state index contributed by atoms with van der Waals surface area (Å²) in [5.41, 5.74) is 1.95. The lowest BCUT2D eigenvalue weighted by Crippen LogP contribution is -2.59. The van der Waals surface area contributed by atoms with E-state index in [0.717, 1.165) is 5.56 Å². The summed E-state index contributed by atoms with van der Waals surface area (Å²) in [5, 5.41) is 30.3. The number of fused-ring (bicyclic) bond motifs is 1. The van der Waals surface area contributed by atoms with Crippen molar-refractivity contribution in [2.75, 3.05) is 6.61 Å². The van der Waals surface area contributed by atoms with Gasteiger partial charge in [0.25, 0.3) is 0 Å². The van der Waals surface area contributed by atoms with Gasteiger partial charge in [0.2, 0.25) is 0 Å². The van der Waals surface area contributed by atoms with E-state index >= 15 is 0 Å². The molecule has 4 rings (SSSR count). The molecule has 1 unspecified atom stereocenters. The SMILES string of the molecule is N#Cc1cccc([C@@H]2O[C@@H]3COC(c4ccccc4)O[C@H]3[C@H](O)[C@H]2O)c1. The second-order valence-electron chi connectivity index (χ2n) is 6.49. The third kappa shape index (κ3) is 3.12. The van der Waals surface area contributed by atoms with Crippen LogP contribution in [0.4, 0.5) is 0 Å². The van der Waals surface area contributed by atoms with Crippen LogP contribution in [0.15, 0.2) is 54.6 Å². The molecule has 0 spiro atoms. The fourth-order valence-electron chi connectivity index (χ4n) is 3.45. The molecule has 6 atom stereocenters. The molecule has 2 saturated heterocycles. The summed E-state index contributed by atoms with van der Waals surface area (Å²) in [6.45, 7) is 0.239. The van der Waals surface area contributed by atoms with Crippen molar-refractivity contribution in [1.82, 2.24) is 0 Å². The monoisotopic (exact) mass is 353 g/mol. The van der Waals surface area contributed by atoms with Crippen molar-refractivity contribution in [3.63, 3.8) is 0 Å². The Hall–Kier alpha value is -2.27. The minimum atomic E-state index is -1.17. The van der Waals surface area contributed by atoms with Gasteiger partial charge in [-0.3, -0.25) is 0 Å². The van der Waals surface area contributed by atoms with Crippen molar-refractivity contribution in [3.05, 3.63) is 71.3 Å². The van der Waals surface area contributed by atoms with E-state index in [1.54, 1.807) is 24.3 Å². The first-order valence-electron chi connectivity index (χ1n) is 8.51. The molecule has 2 aliphatic heterocycles. The number of nitrogens with zero attached hydrogens (tertiary/aromatic N) is 1. The molecule has 6 heteroatoms. The summed E-state index contributed by atoms with van der Waals surface area (Å²) >= 11 is 0. The Morgan fingerprint density at radius 1 is 0.923 bits per heavy atom. The van der Waals surface area contributed by atoms with Crippen molar-refractivity contribution in [2.45, 2.75) is 36.8 Å². The Bertz CT molecular complexity index is 803. The molecule has 2 aromatic rings. The molecule has 134 valence electrons. The van der Waals surface area contributed by atoms with E-state index in [9.17, 15) is 10.2 Å². The fourth-order valence-corrected chi connectivity index (χ4v) is 3.45. The molecule has 2 aliphatic rings. The van der Waals surface area contributed by atoms with Crippen molar-refractivity contribution in [1.29, 1.82) is 5.26 Å². The number of aliphatic hydroxyl groups is 2. The Morgan fingerprint density at radius 2 is 1.69 bits per heavy atom. The van der Waals surface area contributed by atoms with Gasteiger partial charge in [-0.1, -0.05) is 42.5 Å². The van der Waals surface area contributed by atoms with Crippen LogP contribution in [-0.2, 0) is 14.2 Å². The first-order chi connectivity index (χ1) is 12.7. The largest absolute Gasteiger partial charge is 0.387 e. The van der Waals surface area contributed by atoms with Gasteiger partial charge in [0, 0.05) is 5.56 Å². The van der Waals surface area contributed by atoms with Crippen LogP contribution in [0.2, 0.25) is 0 Å². The summed E-state index contributed by atoms with van der Waals surface area (Å²) in [6.07, 6.45) is -4.86. The van der Waals surface area contributed by atoms with Gasteiger partial charge in [-0.25, -0.2) is 0 Å². The normalized spacial score (nSPS) is 33.9. The number of hydrogen-bond acceptors (Lipinski definition) is 6. The number of benzene rings is 2. The second-order valence-corrected chi connectivity index (χ2v) is 6.49. The molecule has 0 saturated carbocycles. The van der Waals surface area contributed by atoms with Crippen LogP contribution in [0.5, 0.6) is 0 Å². The zero-order chi connectivity index (χ0) is 18.1. The van der Waals surface area contributed by atoms with Crippen LogP contribution in [0, 0.1) is 11.3 Å². The molecule has 26 heavy (non-hydrogen) atoms. The van der Waals surface area contributed by atoms with Gasteiger partial charge in [0.05, 0.1) is 18.2 Å². The van der Waals surface area contributed by atoms with Crippen LogP contribution in [0.3, 0.4) is 0 Å². The van der Waals surface area contributed by atoms with Gasteiger partial charge >= 0.3 is 0 Å². The lowest BCUT2D eigenvalue weighted by Gasteiger charge is -2.46. The molecule has 0 aromatic heterocycles. The Balaban J connectivity index is 1.54. The predicted molar refractivity (Wildman–Crippen MR) is 90.8 cm³/mol. The zero-order valence-electron chi connectivity index (χ0n) is 13.9. The summed E-state index contributed by atoms with van der Waals surface area (Å²) in [5.74, 6) is 0. The fraction of sp³-hybridized carbons (Fsp3) is 0.350. The van der Waals surface area contributed by atoms with Gasteiger partial charge in [0.15, 0.2) is 6.29 Å². The van der Waals surface area contributed by atoms with E-state index in [2.05, 4.69) is 6.07 Å². The lowest BCUT2D eigenvalue weighted by atomic mass is 9.90. The quantitative estimate of drug-likeness (QED) is 0.856. The van der Waals surface area contributed by atoms with E-state index in [0.29, 0.717) is 11.1 Å². The van der Waals surface area contributed by atoms with E-state index < -0.39 is 36.8 Å². The Kier molecular flexibility index (Phi) is 4.72. The Morgan fingerprint density at radius 3 is 2.46 bits per heavy atom. The lowest BCUT2D eigenvalue weighted by molar-refractivity contribution is -0.330. The van der Waals surface area contributed by atoms with E-state index in [1.165, 1.54) is 0 Å². The number of nitriles is 1. The minimum absolute atomic E-state index is 0.239. The zero-order valence-corrected chi connectivity index (χ0v) is 13.9. The molecule has 2 fully saturated rings. The van der Waals surface area contributed by atoms with Crippen LogP contribution >= 0.6 is 0 Å². The van der Waals surface area contributed by atoms with Crippen LogP contribution in [0.25, 0.3) is 0 Å². The molecule has 2 N–H and O–H groups in total. The van der Waals surface area contributed by atoms with Crippen LogP contribution < -0.4 is 0 Å². The highest BCUT2D eigenvalue weighted by molar-refractivity contribution is 5.34. The van der Waals surface area contributed by atoms with Gasteiger partial charge in [-0.05, 0) is 17.7 Å². The number of rotatable bonds is 2. The smallest absolute Gasteiger partial charge is 0.184 e. The first kappa shape index (κ1) is 17.2. The van der Waals surface area contributed by atoms with Gasteiger partial charge < -0.3 is 24.4 Å². The van der Waals surface area contributed by atoms with Crippen molar-refractivity contribution in [2.24, 2.45) is 0 Å². The van der Waals surface area contributed by atoms with Gasteiger partial charge in [-0.2, -0.15) is 5.26 Å². The third-order valence-corrected chi connectivity index (χ3v) is 4.79. The highest BCUT2D eigenvalue weighted by atomic mass is 16.7. The topological polar surface area (TPSA) is 91.9 Å². The minimum Gasteiger partial charge on any atom is -0.387 e. The summed E-state index contributed by atoms with van der Waals surface area (Å²) in [6, 6.07) is 18.3. The Labute approximate surface area is 151 Å². The summed E-state index contributed by atoms with van der Waals surface area (Å²) in [4.78, 5) is 0. The van der Waals surface area contributed by atoms with E-state index in [-0.39, 0.29) is 6.61 Å². The van der Waals surface area contributed by atoms with Crippen molar-refractivity contribution >= 4 is 0 Å². The highest BCUT2D eigenvalue weighted by Crippen LogP contribution is 2.39. The number of aliphatic hydroxyl groups excluding tert-OH is 2. The van der Waals surface area contributed by atoms with Crippen molar-refractivity contribution < 1.29 is 24.4 Å². The summed E-state index contributed by atoms with van der Waals surface area (Å²) < 4.78 is 17.6. The average Bonchev–Trinajstić information content (AvgIpc) is 2.71.